The second-order valence-corrected chi connectivity index (χ2v) is 4.30. The Hall–Kier alpha value is -0.620. The van der Waals surface area contributed by atoms with E-state index in [0.29, 0.717) is 0 Å². The summed E-state index contributed by atoms with van der Waals surface area (Å²) in [5.41, 5.74) is 0.876. The molecule has 0 bridgehead atoms. The number of nitrogens with one attached hydrogen (secondary N) is 2. The van der Waals surface area contributed by atoms with Gasteiger partial charge in [-0.25, -0.2) is 0 Å². The van der Waals surface area contributed by atoms with Crippen LogP contribution in [0.4, 0.5) is 0 Å². The molecule has 3 N–H and O–H groups in total. The molecule has 0 spiro atoms. The number of benzene rings is 1. The normalized spacial score (nSPS) is 11.5. The second kappa shape index (κ2) is 8.47. The minimum atomic E-state index is -0.363. The summed E-state index contributed by atoms with van der Waals surface area (Å²) in [6.07, 6.45) is 0. The quantitative estimate of drug-likeness (QED) is 0.764. The van der Waals surface area contributed by atoms with E-state index in [1.54, 1.807) is 7.05 Å². The Morgan fingerprint density at radius 3 is 2.76 bits per heavy atom. The van der Waals surface area contributed by atoms with Crippen molar-refractivity contribution >= 4 is 34.2 Å². The molecule has 0 aromatic heterocycles. The molecule has 0 saturated carbocycles. The molecule has 0 fully saturated rings. The average Bonchev–Trinajstić information content (AvgIpc) is 2.26. The molecule has 0 radical (unpaired) electrons. The van der Waals surface area contributed by atoms with Gasteiger partial charge in [0.1, 0.15) is 0 Å². The highest BCUT2D eigenvalue weighted by Gasteiger charge is 2.12. The number of carbonyl (C=O) groups excluding carboxylic acids is 1. The van der Waals surface area contributed by atoms with E-state index in [-0.39, 0.29) is 37.5 Å². The predicted octanol–water partition coefficient (Wildman–Crippen LogP) is 1.24. The van der Waals surface area contributed by atoms with Crippen molar-refractivity contribution in [2.75, 3.05) is 20.2 Å². The molecule has 0 aliphatic carbocycles. The molecule has 0 aliphatic rings. The van der Waals surface area contributed by atoms with E-state index in [2.05, 4.69) is 26.6 Å². The highest BCUT2D eigenvalue weighted by Crippen LogP contribution is 2.17. The first-order chi connectivity index (χ1) is 7.67. The van der Waals surface area contributed by atoms with Crippen molar-refractivity contribution in [3.8, 4) is 0 Å². The van der Waals surface area contributed by atoms with Gasteiger partial charge in [0.05, 0.1) is 19.2 Å². The van der Waals surface area contributed by atoms with Crippen LogP contribution in [0.5, 0.6) is 0 Å². The number of carbonyl (C=O) groups is 1. The van der Waals surface area contributed by atoms with Gasteiger partial charge in [0.25, 0.3) is 0 Å². The maximum atomic E-state index is 11.4. The summed E-state index contributed by atoms with van der Waals surface area (Å²) >= 11 is 3.35. The van der Waals surface area contributed by atoms with Crippen LogP contribution >= 0.6 is 28.3 Å². The molecule has 0 aliphatic heterocycles. The Morgan fingerprint density at radius 1 is 1.53 bits per heavy atom. The number of rotatable bonds is 5. The zero-order chi connectivity index (χ0) is 12.0. The first-order valence-electron chi connectivity index (χ1n) is 4.97. The number of halogens is 2. The van der Waals surface area contributed by atoms with E-state index in [0.717, 1.165) is 10.0 Å². The van der Waals surface area contributed by atoms with Gasteiger partial charge in [0, 0.05) is 4.47 Å². The van der Waals surface area contributed by atoms with E-state index < -0.39 is 0 Å². The van der Waals surface area contributed by atoms with Crippen LogP contribution in [0.1, 0.15) is 11.6 Å². The van der Waals surface area contributed by atoms with Gasteiger partial charge in [-0.05, 0) is 24.7 Å². The second-order valence-electron chi connectivity index (χ2n) is 3.39. The van der Waals surface area contributed by atoms with E-state index in [4.69, 9.17) is 0 Å². The molecule has 17 heavy (non-hydrogen) atoms. The van der Waals surface area contributed by atoms with Gasteiger partial charge >= 0.3 is 0 Å². The number of aliphatic hydroxyl groups is 1. The molecular weight excluding hydrogens is 307 g/mol. The maximum absolute atomic E-state index is 11.4. The molecule has 0 heterocycles. The van der Waals surface area contributed by atoms with Crippen LogP contribution in [0.2, 0.25) is 0 Å². The van der Waals surface area contributed by atoms with E-state index in [9.17, 15) is 9.90 Å². The first-order valence-corrected chi connectivity index (χ1v) is 5.77. The van der Waals surface area contributed by atoms with Gasteiger partial charge in [-0.2, -0.15) is 0 Å². The summed E-state index contributed by atoms with van der Waals surface area (Å²) in [6.45, 7) is 0.121. The number of likely N-dealkylation sites (N-methyl/N-ethyl adjacent to an activating group) is 1. The molecule has 0 saturated heterocycles. The number of hydrogen-bond donors (Lipinski definition) is 3. The van der Waals surface area contributed by atoms with Gasteiger partial charge in [0.15, 0.2) is 0 Å². The molecule has 4 nitrogen and oxygen atoms in total. The first kappa shape index (κ1) is 16.4. The summed E-state index contributed by atoms with van der Waals surface area (Å²) in [4.78, 5) is 11.4. The maximum Gasteiger partial charge on any atom is 0.234 e. The van der Waals surface area contributed by atoms with E-state index in [1.807, 2.05) is 24.3 Å². The van der Waals surface area contributed by atoms with Crippen molar-refractivity contribution in [1.82, 2.24) is 10.6 Å². The lowest BCUT2D eigenvalue weighted by Gasteiger charge is -2.16. The summed E-state index contributed by atoms with van der Waals surface area (Å²) in [5.74, 6) is -0.137. The Kier molecular flexibility index (Phi) is 8.16. The zero-order valence-corrected chi connectivity index (χ0v) is 11.8. The molecule has 1 aromatic carbocycles. The predicted molar refractivity (Wildman–Crippen MR) is 73.3 cm³/mol. The van der Waals surface area contributed by atoms with E-state index in [1.165, 1.54) is 0 Å². The zero-order valence-electron chi connectivity index (χ0n) is 9.44. The van der Waals surface area contributed by atoms with Crippen LogP contribution < -0.4 is 10.6 Å². The number of hydrogen-bond acceptors (Lipinski definition) is 3. The molecule has 6 heteroatoms. The lowest BCUT2D eigenvalue weighted by Crippen LogP contribution is -2.36. The van der Waals surface area contributed by atoms with Crippen LogP contribution in [0, 0.1) is 0 Å². The number of aliphatic hydroxyl groups excluding tert-OH is 1. The summed E-state index contributed by atoms with van der Waals surface area (Å²) < 4.78 is 0.923. The summed E-state index contributed by atoms with van der Waals surface area (Å²) in [5, 5.41) is 14.7. The molecule has 1 amide bonds. The van der Waals surface area contributed by atoms with Gasteiger partial charge in [-0.3, -0.25) is 4.79 Å². The van der Waals surface area contributed by atoms with Crippen molar-refractivity contribution in [2.24, 2.45) is 0 Å². The van der Waals surface area contributed by atoms with Crippen LogP contribution in [0.15, 0.2) is 28.7 Å². The average molecular weight is 324 g/mol. The van der Waals surface area contributed by atoms with Crippen LogP contribution in [-0.2, 0) is 4.79 Å². The topological polar surface area (TPSA) is 61.4 Å². The Morgan fingerprint density at radius 2 is 2.24 bits per heavy atom. The fraction of sp³-hybridized carbons (Fsp3) is 0.364. The lowest BCUT2D eigenvalue weighted by atomic mass is 10.1. The van der Waals surface area contributed by atoms with E-state index >= 15 is 0 Å². The van der Waals surface area contributed by atoms with Gasteiger partial charge in [-0.1, -0.05) is 28.1 Å². The lowest BCUT2D eigenvalue weighted by molar-refractivity contribution is -0.121. The molecular formula is C11H16BrClN2O2. The minimum Gasteiger partial charge on any atom is -0.394 e. The molecule has 1 rings (SSSR count). The summed E-state index contributed by atoms with van der Waals surface area (Å²) in [7, 11) is 1.70. The Balaban J connectivity index is 0.00000256. The van der Waals surface area contributed by atoms with Crippen molar-refractivity contribution in [1.29, 1.82) is 0 Å². The van der Waals surface area contributed by atoms with Crippen molar-refractivity contribution in [2.45, 2.75) is 6.04 Å². The third-order valence-electron chi connectivity index (χ3n) is 2.11. The fourth-order valence-electron chi connectivity index (χ4n) is 1.36. The van der Waals surface area contributed by atoms with Gasteiger partial charge in [-0.15, -0.1) is 12.4 Å². The Bertz CT molecular complexity index is 363. The van der Waals surface area contributed by atoms with Gasteiger partial charge in [0.2, 0.25) is 5.91 Å². The third kappa shape index (κ3) is 5.50. The summed E-state index contributed by atoms with van der Waals surface area (Å²) in [6, 6.07) is 7.14. The molecule has 1 aromatic rings. The fourth-order valence-corrected chi connectivity index (χ4v) is 1.78. The van der Waals surface area contributed by atoms with Crippen LogP contribution in [0.25, 0.3) is 0 Å². The monoisotopic (exact) mass is 322 g/mol. The smallest absolute Gasteiger partial charge is 0.234 e. The standard InChI is InChI=1S/C11H15BrN2O2.ClH/c1-13-6-11(16)14-10(7-15)8-3-2-4-9(12)5-8;/h2-5,10,13,15H,6-7H2,1H3,(H,14,16);1H. The SMILES string of the molecule is CNCC(=O)NC(CO)c1cccc(Br)c1.Cl. The van der Waals surface area contributed by atoms with Crippen LogP contribution in [0.3, 0.4) is 0 Å². The van der Waals surface area contributed by atoms with Gasteiger partial charge < -0.3 is 15.7 Å². The van der Waals surface area contributed by atoms with Crippen molar-refractivity contribution in [3.05, 3.63) is 34.3 Å². The highest BCUT2D eigenvalue weighted by molar-refractivity contribution is 9.10. The molecule has 1 unspecified atom stereocenters. The molecule has 96 valence electrons. The Labute approximate surface area is 115 Å². The van der Waals surface area contributed by atoms with Crippen LogP contribution in [-0.4, -0.2) is 31.2 Å². The van der Waals surface area contributed by atoms with Crippen molar-refractivity contribution < 1.29 is 9.90 Å². The van der Waals surface area contributed by atoms with Crippen molar-refractivity contribution in [3.63, 3.8) is 0 Å². The highest BCUT2D eigenvalue weighted by atomic mass is 79.9. The number of amides is 1. The largest absolute Gasteiger partial charge is 0.394 e. The minimum absolute atomic E-state index is 0. The third-order valence-corrected chi connectivity index (χ3v) is 2.60. The molecule has 1 atom stereocenters.